The number of hydrogen-bond donors (Lipinski definition) is 1. The quantitative estimate of drug-likeness (QED) is 0.814. The summed E-state index contributed by atoms with van der Waals surface area (Å²) in [7, 11) is 0. The summed E-state index contributed by atoms with van der Waals surface area (Å²) in [5, 5.41) is 6.86. The zero-order chi connectivity index (χ0) is 11.7. The van der Waals surface area contributed by atoms with Gasteiger partial charge in [-0.15, -0.1) is 0 Å². The maximum absolute atomic E-state index is 13.2. The Bertz CT molecular complexity index is 571. The average molecular weight is 237 g/mol. The van der Waals surface area contributed by atoms with E-state index >= 15 is 0 Å². The predicted octanol–water partition coefficient (Wildman–Crippen LogP) is 3.08. The van der Waals surface area contributed by atoms with Crippen molar-refractivity contribution in [2.24, 2.45) is 0 Å². The Kier molecular flexibility index (Phi) is 2.87. The Morgan fingerprint density at radius 3 is 2.94 bits per heavy atom. The minimum atomic E-state index is -0.267. The highest BCUT2D eigenvalue weighted by Crippen LogP contribution is 2.22. The van der Waals surface area contributed by atoms with Crippen LogP contribution >= 0.6 is 12.2 Å². The van der Waals surface area contributed by atoms with Crippen LogP contribution in [0.15, 0.2) is 18.2 Å². The van der Waals surface area contributed by atoms with E-state index in [0.29, 0.717) is 17.1 Å². The van der Waals surface area contributed by atoms with Crippen molar-refractivity contribution in [1.82, 2.24) is 14.8 Å². The molecule has 0 bridgehead atoms. The van der Waals surface area contributed by atoms with Crippen molar-refractivity contribution in [2.75, 3.05) is 0 Å². The largest absolute Gasteiger partial charge is 0.300 e. The van der Waals surface area contributed by atoms with Crippen molar-refractivity contribution >= 4 is 12.2 Å². The van der Waals surface area contributed by atoms with E-state index in [1.807, 2.05) is 18.4 Å². The molecule has 1 N–H and O–H groups in total. The van der Waals surface area contributed by atoms with Crippen LogP contribution in [0.2, 0.25) is 0 Å². The van der Waals surface area contributed by atoms with E-state index in [-0.39, 0.29) is 5.82 Å². The van der Waals surface area contributed by atoms with Gasteiger partial charge in [0.1, 0.15) is 5.82 Å². The van der Waals surface area contributed by atoms with Gasteiger partial charge >= 0.3 is 0 Å². The number of halogens is 1. The second-order valence-electron chi connectivity index (χ2n) is 3.56. The number of hydrogen-bond acceptors (Lipinski definition) is 2. The molecular formula is C11H12FN3S. The summed E-state index contributed by atoms with van der Waals surface area (Å²) in [6.07, 6.45) is 0. The van der Waals surface area contributed by atoms with Crippen molar-refractivity contribution in [3.63, 3.8) is 0 Å². The van der Waals surface area contributed by atoms with Gasteiger partial charge in [-0.3, -0.25) is 5.10 Å². The fourth-order valence-electron chi connectivity index (χ4n) is 1.65. The van der Waals surface area contributed by atoms with Crippen molar-refractivity contribution in [3.05, 3.63) is 34.4 Å². The number of nitrogens with zero attached hydrogens (tertiary/aromatic N) is 2. The minimum Gasteiger partial charge on any atom is -0.300 e. The molecule has 0 unspecified atom stereocenters. The molecule has 0 amide bonds. The summed E-state index contributed by atoms with van der Waals surface area (Å²) in [6.45, 7) is 4.61. The molecule has 5 heteroatoms. The first kappa shape index (κ1) is 11.0. The summed E-state index contributed by atoms with van der Waals surface area (Å²) < 4.78 is 15.6. The first-order chi connectivity index (χ1) is 7.63. The van der Waals surface area contributed by atoms with Gasteiger partial charge in [-0.1, -0.05) is 6.07 Å². The van der Waals surface area contributed by atoms with Crippen LogP contribution in [0.1, 0.15) is 12.5 Å². The molecular weight excluding hydrogens is 225 g/mol. The minimum absolute atomic E-state index is 0.267. The van der Waals surface area contributed by atoms with Crippen LogP contribution in [0.25, 0.3) is 11.4 Å². The molecule has 2 aromatic rings. The predicted molar refractivity (Wildman–Crippen MR) is 63.2 cm³/mol. The van der Waals surface area contributed by atoms with E-state index in [0.717, 1.165) is 11.1 Å². The Labute approximate surface area is 97.9 Å². The van der Waals surface area contributed by atoms with Crippen LogP contribution in [0, 0.1) is 17.5 Å². The lowest BCUT2D eigenvalue weighted by Gasteiger charge is -2.06. The van der Waals surface area contributed by atoms with Gasteiger partial charge in [-0.25, -0.2) is 4.39 Å². The standard InChI is InChI=1S/C11H12FN3S/c1-3-15-10(13-14-11(15)16)9-6-8(12)5-4-7(9)2/h4-6H,3H2,1-2H3,(H,14,16). The molecule has 1 aromatic carbocycles. The number of H-pyrrole nitrogens is 1. The zero-order valence-corrected chi connectivity index (χ0v) is 9.94. The first-order valence-electron chi connectivity index (χ1n) is 5.05. The molecule has 0 fully saturated rings. The highest BCUT2D eigenvalue weighted by molar-refractivity contribution is 7.71. The van der Waals surface area contributed by atoms with E-state index < -0.39 is 0 Å². The summed E-state index contributed by atoms with van der Waals surface area (Å²) in [5.41, 5.74) is 1.75. The van der Waals surface area contributed by atoms with Crippen LogP contribution in [-0.2, 0) is 6.54 Å². The second-order valence-corrected chi connectivity index (χ2v) is 3.94. The Morgan fingerprint density at radius 1 is 1.50 bits per heavy atom. The van der Waals surface area contributed by atoms with E-state index in [1.54, 1.807) is 6.07 Å². The molecule has 0 saturated carbocycles. The highest BCUT2D eigenvalue weighted by atomic mass is 32.1. The number of benzene rings is 1. The molecule has 3 nitrogen and oxygen atoms in total. The van der Waals surface area contributed by atoms with E-state index in [9.17, 15) is 4.39 Å². The van der Waals surface area contributed by atoms with Gasteiger partial charge in [0.15, 0.2) is 10.6 Å². The molecule has 0 aliphatic heterocycles. The molecule has 0 atom stereocenters. The fourth-order valence-corrected chi connectivity index (χ4v) is 1.91. The van der Waals surface area contributed by atoms with Crippen molar-refractivity contribution < 1.29 is 4.39 Å². The van der Waals surface area contributed by atoms with Crippen LogP contribution in [-0.4, -0.2) is 14.8 Å². The maximum atomic E-state index is 13.2. The smallest absolute Gasteiger partial charge is 0.195 e. The third kappa shape index (κ3) is 1.78. The number of nitrogens with one attached hydrogen (secondary N) is 1. The lowest BCUT2D eigenvalue weighted by molar-refractivity contribution is 0.627. The summed E-state index contributed by atoms with van der Waals surface area (Å²) in [4.78, 5) is 0. The summed E-state index contributed by atoms with van der Waals surface area (Å²) >= 11 is 5.10. The van der Waals surface area contributed by atoms with Crippen LogP contribution in [0.3, 0.4) is 0 Å². The average Bonchev–Trinajstić information content (AvgIpc) is 2.63. The summed E-state index contributed by atoms with van der Waals surface area (Å²) in [6, 6.07) is 4.66. The van der Waals surface area contributed by atoms with Crippen molar-refractivity contribution in [1.29, 1.82) is 0 Å². The van der Waals surface area contributed by atoms with Gasteiger partial charge in [0, 0.05) is 12.1 Å². The highest BCUT2D eigenvalue weighted by Gasteiger charge is 2.10. The molecule has 0 radical (unpaired) electrons. The number of rotatable bonds is 2. The van der Waals surface area contributed by atoms with Gasteiger partial charge < -0.3 is 4.57 Å². The van der Waals surface area contributed by atoms with Gasteiger partial charge in [-0.2, -0.15) is 5.10 Å². The lowest BCUT2D eigenvalue weighted by atomic mass is 10.1. The van der Waals surface area contributed by atoms with Gasteiger partial charge in [0.05, 0.1) is 0 Å². The molecule has 0 aliphatic rings. The maximum Gasteiger partial charge on any atom is 0.195 e. The zero-order valence-electron chi connectivity index (χ0n) is 9.12. The Morgan fingerprint density at radius 2 is 2.25 bits per heavy atom. The van der Waals surface area contributed by atoms with E-state index in [2.05, 4.69) is 10.2 Å². The van der Waals surface area contributed by atoms with Crippen LogP contribution < -0.4 is 0 Å². The third-order valence-electron chi connectivity index (χ3n) is 2.52. The third-order valence-corrected chi connectivity index (χ3v) is 2.83. The first-order valence-corrected chi connectivity index (χ1v) is 5.46. The van der Waals surface area contributed by atoms with Crippen molar-refractivity contribution in [2.45, 2.75) is 20.4 Å². The molecule has 0 saturated heterocycles. The number of aryl methyl sites for hydroxylation is 1. The number of aromatic amines is 1. The van der Waals surface area contributed by atoms with Crippen LogP contribution in [0.5, 0.6) is 0 Å². The fraction of sp³-hybridized carbons (Fsp3) is 0.273. The Hall–Kier alpha value is -1.49. The van der Waals surface area contributed by atoms with Gasteiger partial charge in [-0.05, 0) is 43.8 Å². The molecule has 84 valence electrons. The summed E-state index contributed by atoms with van der Waals surface area (Å²) in [5.74, 6) is 0.418. The second kappa shape index (κ2) is 4.17. The molecule has 1 heterocycles. The molecule has 1 aromatic heterocycles. The van der Waals surface area contributed by atoms with Gasteiger partial charge in [0.2, 0.25) is 0 Å². The van der Waals surface area contributed by atoms with Gasteiger partial charge in [0.25, 0.3) is 0 Å². The Balaban J connectivity index is 2.67. The van der Waals surface area contributed by atoms with Crippen LogP contribution in [0.4, 0.5) is 4.39 Å². The topological polar surface area (TPSA) is 33.6 Å². The molecule has 0 spiro atoms. The normalized spacial score (nSPS) is 10.7. The lowest BCUT2D eigenvalue weighted by Crippen LogP contribution is -1.99. The SMILES string of the molecule is CCn1c(-c2cc(F)ccc2C)n[nH]c1=S. The van der Waals surface area contributed by atoms with E-state index in [4.69, 9.17) is 12.2 Å². The monoisotopic (exact) mass is 237 g/mol. The van der Waals surface area contributed by atoms with E-state index in [1.165, 1.54) is 12.1 Å². The number of aromatic nitrogens is 3. The molecule has 0 aliphatic carbocycles. The molecule has 2 rings (SSSR count). The molecule has 16 heavy (non-hydrogen) atoms. The van der Waals surface area contributed by atoms with Crippen molar-refractivity contribution in [3.8, 4) is 11.4 Å².